The van der Waals surface area contributed by atoms with Crippen LogP contribution in [0, 0.1) is 0 Å². The Hall–Kier alpha value is -2.42. The van der Waals surface area contributed by atoms with Gasteiger partial charge in [0.25, 0.3) is 0 Å². The first-order chi connectivity index (χ1) is 17.0. The highest BCUT2D eigenvalue weighted by atomic mass is 16.5. The Morgan fingerprint density at radius 2 is 2.00 bits per heavy atom. The fourth-order valence-electron chi connectivity index (χ4n) is 4.90. The lowest BCUT2D eigenvalue weighted by Crippen LogP contribution is -2.56. The number of aromatic amines is 1. The lowest BCUT2D eigenvalue weighted by Gasteiger charge is -2.40. The van der Waals surface area contributed by atoms with E-state index in [4.69, 9.17) is 4.74 Å². The number of ether oxygens (including phenoxy) is 1. The van der Waals surface area contributed by atoms with Crippen LogP contribution in [0.15, 0.2) is 30.5 Å². The number of carbonyl (C=O) groups is 1. The molecule has 1 saturated heterocycles. The Kier molecular flexibility index (Phi) is 8.81. The molecule has 35 heavy (non-hydrogen) atoms. The minimum Gasteiger partial charge on any atom is -0.493 e. The minimum absolute atomic E-state index is 0.0641. The van der Waals surface area contributed by atoms with Gasteiger partial charge < -0.3 is 25.3 Å². The van der Waals surface area contributed by atoms with E-state index in [-0.39, 0.29) is 18.0 Å². The van der Waals surface area contributed by atoms with Gasteiger partial charge in [-0.05, 0) is 63.6 Å². The molecule has 2 bridgehead atoms. The quantitative estimate of drug-likeness (QED) is 0.350. The summed E-state index contributed by atoms with van der Waals surface area (Å²) >= 11 is 0. The van der Waals surface area contributed by atoms with Gasteiger partial charge in [0.1, 0.15) is 11.6 Å². The third-order valence-corrected chi connectivity index (χ3v) is 7.34. The maximum absolute atomic E-state index is 13.2. The number of para-hydroxylation sites is 1. The third-order valence-electron chi connectivity index (χ3n) is 7.34. The zero-order valence-electron chi connectivity index (χ0n) is 20.8. The van der Waals surface area contributed by atoms with Crippen LogP contribution in [0.4, 0.5) is 0 Å². The first-order valence-electron chi connectivity index (χ1n) is 13.2. The van der Waals surface area contributed by atoms with Crippen LogP contribution in [-0.4, -0.2) is 62.5 Å². The molecule has 0 unspecified atom stereocenters. The molecule has 2 aliphatic rings. The maximum atomic E-state index is 13.2. The lowest BCUT2D eigenvalue weighted by molar-refractivity contribution is -0.167. The lowest BCUT2D eigenvalue weighted by atomic mass is 9.99. The molecule has 8 heteroatoms. The molecule has 0 radical (unpaired) electrons. The summed E-state index contributed by atoms with van der Waals surface area (Å²) < 4.78 is 6.12. The molecule has 2 aromatic rings. The van der Waals surface area contributed by atoms with Crippen molar-refractivity contribution >= 4 is 5.91 Å². The van der Waals surface area contributed by atoms with Gasteiger partial charge in [0, 0.05) is 18.5 Å². The fraction of sp³-hybridized carbons (Fsp3) is 0.630. The predicted octanol–water partition coefficient (Wildman–Crippen LogP) is 3.91. The summed E-state index contributed by atoms with van der Waals surface area (Å²) in [6.07, 6.45) is 9.69. The number of aliphatic hydroxyl groups is 2. The summed E-state index contributed by atoms with van der Waals surface area (Å²) in [4.78, 5) is 23.5. The second-order valence-corrected chi connectivity index (χ2v) is 9.92. The summed E-state index contributed by atoms with van der Waals surface area (Å²) in [5, 5.41) is 22.9. The number of benzene rings is 1. The largest absolute Gasteiger partial charge is 0.493 e. The van der Waals surface area contributed by atoms with Gasteiger partial charge in [-0.3, -0.25) is 9.69 Å². The fourth-order valence-corrected chi connectivity index (χ4v) is 4.90. The van der Waals surface area contributed by atoms with Crippen molar-refractivity contribution in [2.24, 2.45) is 0 Å². The first-order valence-corrected chi connectivity index (χ1v) is 13.2. The van der Waals surface area contributed by atoms with Gasteiger partial charge >= 0.3 is 0 Å². The molecule has 4 N–H and O–H groups in total. The van der Waals surface area contributed by atoms with Crippen LogP contribution in [0.3, 0.4) is 0 Å². The van der Waals surface area contributed by atoms with Crippen LogP contribution >= 0.6 is 0 Å². The standard InChI is InChI=1S/C27H40N4O4/c1-2-27(33,34)15-8-3-5-12-21-25-28-19-22(29-25)20-11-6-7-13-24(20)35-18-10-4-9-16-31-17-14-23(31)26(32)30-21/h6-7,11,13,19,21,23,33-34H,2-5,8-10,12,14-18H2,1H3,(H,28,29)(H,30,32)/t21-,23+/m0/s1. The second-order valence-electron chi connectivity index (χ2n) is 9.92. The summed E-state index contributed by atoms with van der Waals surface area (Å²) in [5.74, 6) is 0.0691. The number of nitrogens with zero attached hydrogens (tertiary/aromatic N) is 2. The number of H-pyrrole nitrogens is 1. The number of aromatic nitrogens is 2. The van der Waals surface area contributed by atoms with E-state index in [1.807, 2.05) is 30.5 Å². The van der Waals surface area contributed by atoms with E-state index in [1.54, 1.807) is 6.92 Å². The highest BCUT2D eigenvalue weighted by Crippen LogP contribution is 2.31. The summed E-state index contributed by atoms with van der Waals surface area (Å²) in [6.45, 7) is 4.35. The highest BCUT2D eigenvalue weighted by Gasteiger charge is 2.35. The van der Waals surface area contributed by atoms with Gasteiger partial charge in [0.05, 0.1) is 30.6 Å². The molecule has 0 saturated carbocycles. The molecule has 3 heterocycles. The van der Waals surface area contributed by atoms with Crippen LogP contribution in [0.25, 0.3) is 11.3 Å². The number of amides is 1. The molecule has 0 aliphatic carbocycles. The highest BCUT2D eigenvalue weighted by molar-refractivity contribution is 5.83. The van der Waals surface area contributed by atoms with Crippen molar-refractivity contribution in [1.29, 1.82) is 0 Å². The molecular weight excluding hydrogens is 444 g/mol. The zero-order valence-corrected chi connectivity index (χ0v) is 20.8. The number of unbranched alkanes of at least 4 members (excludes halogenated alkanes) is 2. The average molecular weight is 485 g/mol. The summed E-state index contributed by atoms with van der Waals surface area (Å²) in [6, 6.07) is 7.70. The normalized spacial score (nSPS) is 21.9. The molecule has 192 valence electrons. The van der Waals surface area contributed by atoms with Gasteiger partial charge in [0.15, 0.2) is 5.79 Å². The van der Waals surface area contributed by atoms with Crippen molar-refractivity contribution in [3.63, 3.8) is 0 Å². The molecular formula is C27H40N4O4. The smallest absolute Gasteiger partial charge is 0.237 e. The number of hydrogen-bond donors (Lipinski definition) is 4. The predicted molar refractivity (Wildman–Crippen MR) is 135 cm³/mol. The van der Waals surface area contributed by atoms with Crippen LogP contribution < -0.4 is 10.1 Å². The van der Waals surface area contributed by atoms with E-state index >= 15 is 0 Å². The number of carbonyl (C=O) groups excluding carboxylic acids is 1. The van der Waals surface area contributed by atoms with Crippen molar-refractivity contribution in [3.05, 3.63) is 36.3 Å². The molecule has 2 atom stereocenters. The Balaban J connectivity index is 1.50. The topological polar surface area (TPSA) is 111 Å². The molecule has 1 fully saturated rings. The molecule has 0 spiro atoms. The van der Waals surface area contributed by atoms with E-state index < -0.39 is 5.79 Å². The van der Waals surface area contributed by atoms with Gasteiger partial charge in [-0.15, -0.1) is 0 Å². The number of hydrogen-bond acceptors (Lipinski definition) is 6. The SMILES string of the molecule is CCC(O)(O)CCCCC[C@@H]1NC(=O)[C@H]2CCN2CCCCCOc2ccccc2-c2cnc1[nH]2. The molecule has 1 aromatic carbocycles. The van der Waals surface area contributed by atoms with E-state index in [1.165, 1.54) is 0 Å². The van der Waals surface area contributed by atoms with Crippen LogP contribution in [0.1, 0.15) is 83.0 Å². The Morgan fingerprint density at radius 1 is 1.14 bits per heavy atom. The van der Waals surface area contributed by atoms with Gasteiger partial charge in [-0.1, -0.05) is 31.9 Å². The second kappa shape index (κ2) is 12.0. The van der Waals surface area contributed by atoms with Crippen LogP contribution in [0.5, 0.6) is 5.75 Å². The van der Waals surface area contributed by atoms with E-state index in [2.05, 4.69) is 20.2 Å². The minimum atomic E-state index is -1.59. The molecule has 4 rings (SSSR count). The van der Waals surface area contributed by atoms with E-state index in [0.29, 0.717) is 19.4 Å². The monoisotopic (exact) mass is 484 g/mol. The average Bonchev–Trinajstić information content (AvgIpc) is 3.31. The number of imidazole rings is 1. The Labute approximate surface area is 208 Å². The summed E-state index contributed by atoms with van der Waals surface area (Å²) in [5.41, 5.74) is 1.84. The number of nitrogens with one attached hydrogen (secondary N) is 2. The van der Waals surface area contributed by atoms with Gasteiger partial charge in [-0.2, -0.15) is 0 Å². The van der Waals surface area contributed by atoms with Crippen molar-refractivity contribution < 1.29 is 19.7 Å². The number of rotatable bonds is 7. The van der Waals surface area contributed by atoms with Crippen LogP contribution in [0.2, 0.25) is 0 Å². The van der Waals surface area contributed by atoms with Crippen molar-refractivity contribution in [2.45, 2.75) is 89.0 Å². The van der Waals surface area contributed by atoms with Crippen molar-refractivity contribution in [3.8, 4) is 17.0 Å². The summed E-state index contributed by atoms with van der Waals surface area (Å²) in [7, 11) is 0. The zero-order chi connectivity index (χ0) is 24.7. The van der Waals surface area contributed by atoms with E-state index in [0.717, 1.165) is 87.3 Å². The van der Waals surface area contributed by atoms with Crippen LogP contribution in [-0.2, 0) is 4.79 Å². The number of fused-ring (bicyclic) bond motifs is 5. The molecule has 1 aromatic heterocycles. The molecule has 8 nitrogen and oxygen atoms in total. The molecule has 1 amide bonds. The third kappa shape index (κ3) is 6.84. The Morgan fingerprint density at radius 3 is 2.80 bits per heavy atom. The van der Waals surface area contributed by atoms with Crippen molar-refractivity contribution in [1.82, 2.24) is 20.2 Å². The van der Waals surface area contributed by atoms with Gasteiger partial charge in [-0.25, -0.2) is 4.98 Å². The molecule has 2 aliphatic heterocycles. The Bertz CT molecular complexity index is 960. The van der Waals surface area contributed by atoms with Gasteiger partial charge in [0.2, 0.25) is 5.91 Å². The first kappa shape index (κ1) is 25.7. The maximum Gasteiger partial charge on any atom is 0.237 e. The van der Waals surface area contributed by atoms with Crippen molar-refractivity contribution in [2.75, 3.05) is 19.7 Å². The van der Waals surface area contributed by atoms with E-state index in [9.17, 15) is 15.0 Å².